The summed E-state index contributed by atoms with van der Waals surface area (Å²) in [6.07, 6.45) is 0. The number of nitrogens with zero attached hydrogens (tertiary/aromatic N) is 2. The van der Waals surface area contributed by atoms with Crippen molar-refractivity contribution in [2.24, 2.45) is 7.05 Å². The predicted molar refractivity (Wildman–Crippen MR) is 97.0 cm³/mol. The summed E-state index contributed by atoms with van der Waals surface area (Å²) >= 11 is 0. The van der Waals surface area contributed by atoms with E-state index in [4.69, 9.17) is 0 Å². The van der Waals surface area contributed by atoms with Crippen molar-refractivity contribution >= 4 is 11.8 Å². The van der Waals surface area contributed by atoms with Gasteiger partial charge in [-0.05, 0) is 33.3 Å². The molecule has 0 saturated carbocycles. The van der Waals surface area contributed by atoms with Crippen LogP contribution in [0.25, 0.3) is 0 Å². The van der Waals surface area contributed by atoms with Crippen molar-refractivity contribution in [1.29, 1.82) is 0 Å². The number of hydrogen-bond acceptors (Lipinski definition) is 3. The fourth-order valence-electron chi connectivity index (χ4n) is 2.65. The van der Waals surface area contributed by atoms with Gasteiger partial charge in [0.15, 0.2) is 0 Å². The second-order valence-electron chi connectivity index (χ2n) is 6.76. The van der Waals surface area contributed by atoms with Crippen LogP contribution in [-0.2, 0) is 7.05 Å². The molecular formula is C18H27N5O. The zero-order valence-corrected chi connectivity index (χ0v) is 15.1. The van der Waals surface area contributed by atoms with E-state index in [9.17, 15) is 4.79 Å². The highest BCUT2D eigenvalue weighted by molar-refractivity contribution is 5.88. The Morgan fingerprint density at radius 2 is 1.96 bits per heavy atom. The van der Waals surface area contributed by atoms with Crippen LogP contribution in [0.1, 0.15) is 38.1 Å². The average Bonchev–Trinajstić information content (AvgIpc) is 2.83. The van der Waals surface area contributed by atoms with Gasteiger partial charge >= 0.3 is 6.03 Å². The molecule has 6 heteroatoms. The van der Waals surface area contributed by atoms with E-state index in [1.54, 1.807) is 11.7 Å². The van der Waals surface area contributed by atoms with Crippen LogP contribution in [0.3, 0.4) is 0 Å². The van der Waals surface area contributed by atoms with Crippen molar-refractivity contribution in [2.45, 2.75) is 39.3 Å². The number of anilines is 1. The molecule has 0 radical (unpaired) electrons. The first-order valence-corrected chi connectivity index (χ1v) is 8.15. The Morgan fingerprint density at radius 3 is 2.54 bits per heavy atom. The molecule has 0 unspecified atom stereocenters. The van der Waals surface area contributed by atoms with Crippen molar-refractivity contribution in [3.05, 3.63) is 47.7 Å². The zero-order valence-electron chi connectivity index (χ0n) is 15.1. The molecule has 0 bridgehead atoms. The molecule has 2 aromatic rings. The monoisotopic (exact) mass is 329 g/mol. The Bertz CT molecular complexity index is 678. The van der Waals surface area contributed by atoms with Crippen molar-refractivity contribution in [2.75, 3.05) is 11.9 Å². The molecule has 2 amide bonds. The molecule has 130 valence electrons. The number of rotatable bonds is 6. The Kier molecular flexibility index (Phi) is 5.62. The number of nitrogens with one attached hydrogen (secondary N) is 3. The highest BCUT2D eigenvalue weighted by atomic mass is 16.2. The van der Waals surface area contributed by atoms with Crippen LogP contribution in [0, 0.1) is 6.92 Å². The first-order valence-electron chi connectivity index (χ1n) is 8.15. The summed E-state index contributed by atoms with van der Waals surface area (Å²) in [4.78, 5) is 12.1. The Balaban J connectivity index is 1.85. The lowest BCUT2D eigenvalue weighted by Gasteiger charge is -2.30. The zero-order chi connectivity index (χ0) is 17.7. The largest absolute Gasteiger partial charge is 0.336 e. The summed E-state index contributed by atoms with van der Waals surface area (Å²) in [5, 5.41) is 13.5. The van der Waals surface area contributed by atoms with Crippen molar-refractivity contribution in [3.8, 4) is 0 Å². The highest BCUT2D eigenvalue weighted by Gasteiger charge is 2.21. The van der Waals surface area contributed by atoms with Crippen LogP contribution in [-0.4, -0.2) is 27.9 Å². The topological polar surface area (TPSA) is 71.0 Å². The van der Waals surface area contributed by atoms with Gasteiger partial charge in [0.25, 0.3) is 0 Å². The number of amides is 2. The molecule has 0 saturated heterocycles. The van der Waals surface area contributed by atoms with Crippen LogP contribution in [0.15, 0.2) is 36.4 Å². The highest BCUT2D eigenvalue weighted by Crippen LogP contribution is 2.15. The SMILES string of the molecule is Cc1cc(NC(=O)NCC(C)(C)N[C@H](C)c2ccccc2)n(C)n1. The average molecular weight is 329 g/mol. The number of urea groups is 1. The van der Waals surface area contributed by atoms with Gasteiger partial charge in [0, 0.05) is 31.2 Å². The number of carbonyl (C=O) groups is 1. The molecule has 0 fully saturated rings. The number of carbonyl (C=O) groups excluding carboxylic acids is 1. The molecule has 1 aromatic heterocycles. The first kappa shape index (κ1) is 18.0. The maximum absolute atomic E-state index is 12.1. The van der Waals surface area contributed by atoms with Crippen molar-refractivity contribution in [1.82, 2.24) is 20.4 Å². The second kappa shape index (κ2) is 7.49. The van der Waals surface area contributed by atoms with E-state index in [-0.39, 0.29) is 17.6 Å². The summed E-state index contributed by atoms with van der Waals surface area (Å²) in [5.41, 5.74) is 1.85. The maximum atomic E-state index is 12.1. The van der Waals surface area contributed by atoms with Gasteiger partial charge in [-0.1, -0.05) is 30.3 Å². The Morgan fingerprint density at radius 1 is 1.29 bits per heavy atom. The quantitative estimate of drug-likeness (QED) is 0.763. The number of aryl methyl sites for hydroxylation is 2. The summed E-state index contributed by atoms with van der Waals surface area (Å²) in [6.45, 7) is 8.66. The van der Waals surface area contributed by atoms with Crippen LogP contribution < -0.4 is 16.0 Å². The van der Waals surface area contributed by atoms with E-state index in [2.05, 4.69) is 54.0 Å². The molecule has 1 heterocycles. The standard InChI is InChI=1S/C18H27N5O/c1-13-11-16(23(5)22-13)20-17(24)19-12-18(3,4)21-14(2)15-9-7-6-8-10-15/h6-11,14,21H,12H2,1-5H3,(H2,19,20,24)/t14-/m1/s1. The minimum Gasteiger partial charge on any atom is -0.336 e. The van der Waals surface area contributed by atoms with Gasteiger partial charge in [-0.2, -0.15) is 5.10 Å². The van der Waals surface area contributed by atoms with Crippen molar-refractivity contribution in [3.63, 3.8) is 0 Å². The molecule has 3 N–H and O–H groups in total. The third-order valence-electron chi connectivity index (χ3n) is 3.84. The van der Waals surface area contributed by atoms with Gasteiger partial charge in [-0.25, -0.2) is 4.79 Å². The number of benzene rings is 1. The molecular weight excluding hydrogens is 302 g/mol. The van der Waals surface area contributed by atoms with Crippen LogP contribution in [0.2, 0.25) is 0 Å². The lowest BCUT2D eigenvalue weighted by Crippen LogP contribution is -2.50. The summed E-state index contributed by atoms with van der Waals surface area (Å²) in [6, 6.07) is 12.1. The van der Waals surface area contributed by atoms with E-state index in [0.717, 1.165) is 5.69 Å². The first-order chi connectivity index (χ1) is 11.3. The minimum atomic E-state index is -0.241. The maximum Gasteiger partial charge on any atom is 0.320 e. The van der Waals surface area contributed by atoms with Gasteiger partial charge in [-0.3, -0.25) is 10.00 Å². The fourth-order valence-corrected chi connectivity index (χ4v) is 2.65. The Labute approximate surface area is 143 Å². The van der Waals surface area contributed by atoms with E-state index in [1.807, 2.05) is 31.2 Å². The summed E-state index contributed by atoms with van der Waals surface area (Å²) < 4.78 is 1.65. The second-order valence-corrected chi connectivity index (χ2v) is 6.76. The normalized spacial score (nSPS) is 12.7. The third-order valence-corrected chi connectivity index (χ3v) is 3.84. The number of hydrogen-bond donors (Lipinski definition) is 3. The van der Waals surface area contributed by atoms with Gasteiger partial charge < -0.3 is 10.6 Å². The molecule has 0 spiro atoms. The van der Waals surface area contributed by atoms with Gasteiger partial charge in [0.1, 0.15) is 5.82 Å². The molecule has 24 heavy (non-hydrogen) atoms. The summed E-state index contributed by atoms with van der Waals surface area (Å²) in [7, 11) is 1.80. The predicted octanol–water partition coefficient (Wildman–Crippen LogP) is 2.98. The lowest BCUT2D eigenvalue weighted by molar-refractivity contribution is 0.245. The Hall–Kier alpha value is -2.34. The van der Waals surface area contributed by atoms with Crippen LogP contribution in [0.4, 0.5) is 10.6 Å². The summed E-state index contributed by atoms with van der Waals surface area (Å²) in [5.74, 6) is 0.674. The molecule has 6 nitrogen and oxygen atoms in total. The molecule has 1 atom stereocenters. The van der Waals surface area contributed by atoms with E-state index in [0.29, 0.717) is 12.4 Å². The van der Waals surface area contributed by atoms with Crippen LogP contribution >= 0.6 is 0 Å². The lowest BCUT2D eigenvalue weighted by atomic mass is 10.0. The molecule has 0 aliphatic heterocycles. The molecule has 1 aromatic carbocycles. The van der Waals surface area contributed by atoms with E-state index in [1.165, 1.54) is 5.56 Å². The van der Waals surface area contributed by atoms with Crippen molar-refractivity contribution < 1.29 is 4.79 Å². The van der Waals surface area contributed by atoms with Crippen LogP contribution in [0.5, 0.6) is 0 Å². The molecule has 0 aliphatic rings. The number of aromatic nitrogens is 2. The van der Waals surface area contributed by atoms with E-state index >= 15 is 0 Å². The van der Waals surface area contributed by atoms with Gasteiger partial charge in [-0.15, -0.1) is 0 Å². The smallest absolute Gasteiger partial charge is 0.320 e. The van der Waals surface area contributed by atoms with E-state index < -0.39 is 0 Å². The van der Waals surface area contributed by atoms with Gasteiger partial charge in [0.2, 0.25) is 0 Å². The minimum absolute atomic E-state index is 0.200. The fraction of sp³-hybridized carbons (Fsp3) is 0.444. The van der Waals surface area contributed by atoms with Gasteiger partial charge in [0.05, 0.1) is 5.69 Å². The third kappa shape index (κ3) is 5.09. The molecule has 2 rings (SSSR count). The molecule has 0 aliphatic carbocycles.